The van der Waals surface area contributed by atoms with Gasteiger partial charge in [0.15, 0.2) is 6.61 Å². The van der Waals surface area contributed by atoms with Crippen LogP contribution in [0.5, 0.6) is 0 Å². The third-order valence-corrected chi connectivity index (χ3v) is 6.61. The SMILES string of the molecule is CC(C)N(C(=O)COC(=O)Cn1cnc2scc(-c3cccs3)c2c1=O)c1ccccc1. The maximum absolute atomic E-state index is 13.0. The third-order valence-electron chi connectivity index (χ3n) is 4.82. The van der Waals surface area contributed by atoms with Gasteiger partial charge in [-0.15, -0.1) is 22.7 Å². The summed E-state index contributed by atoms with van der Waals surface area (Å²) in [5.41, 5.74) is 1.23. The van der Waals surface area contributed by atoms with Crippen LogP contribution in [0, 0.1) is 0 Å². The highest BCUT2D eigenvalue weighted by molar-refractivity contribution is 7.18. The molecule has 0 saturated carbocycles. The van der Waals surface area contributed by atoms with Crippen molar-refractivity contribution in [3.05, 3.63) is 69.9 Å². The Kier molecular flexibility index (Phi) is 6.48. The average molecular weight is 468 g/mol. The van der Waals surface area contributed by atoms with E-state index in [9.17, 15) is 14.4 Å². The number of esters is 1. The second-order valence-corrected chi connectivity index (χ2v) is 9.14. The first-order chi connectivity index (χ1) is 15.5. The van der Waals surface area contributed by atoms with Crippen LogP contribution < -0.4 is 10.5 Å². The molecule has 7 nitrogen and oxygen atoms in total. The van der Waals surface area contributed by atoms with Gasteiger partial charge in [-0.05, 0) is 37.4 Å². The van der Waals surface area contributed by atoms with Crippen LogP contribution in [0.1, 0.15) is 13.8 Å². The molecule has 0 fully saturated rings. The number of thiophene rings is 2. The van der Waals surface area contributed by atoms with Gasteiger partial charge in [-0.25, -0.2) is 4.98 Å². The van der Waals surface area contributed by atoms with Gasteiger partial charge in [-0.2, -0.15) is 0 Å². The van der Waals surface area contributed by atoms with Crippen LogP contribution in [0.15, 0.2) is 64.3 Å². The van der Waals surface area contributed by atoms with E-state index in [4.69, 9.17) is 4.74 Å². The number of hydrogen-bond acceptors (Lipinski definition) is 7. The van der Waals surface area contributed by atoms with Crippen molar-refractivity contribution in [1.82, 2.24) is 9.55 Å². The van der Waals surface area contributed by atoms with Gasteiger partial charge in [0.05, 0.1) is 11.7 Å². The Morgan fingerprint density at radius 3 is 2.59 bits per heavy atom. The molecule has 0 unspecified atom stereocenters. The minimum absolute atomic E-state index is 0.105. The van der Waals surface area contributed by atoms with E-state index in [-0.39, 0.29) is 24.1 Å². The highest BCUT2D eigenvalue weighted by Crippen LogP contribution is 2.33. The zero-order valence-electron chi connectivity index (χ0n) is 17.6. The van der Waals surface area contributed by atoms with Crippen LogP contribution in [0.2, 0.25) is 0 Å². The number of carbonyl (C=O) groups excluding carboxylic acids is 2. The summed E-state index contributed by atoms with van der Waals surface area (Å²) in [6, 6.07) is 13.0. The molecular formula is C23H21N3O4S2. The largest absolute Gasteiger partial charge is 0.454 e. The summed E-state index contributed by atoms with van der Waals surface area (Å²) in [4.78, 5) is 45.6. The summed E-state index contributed by atoms with van der Waals surface area (Å²) in [5.74, 6) is -1.01. The van der Waals surface area contributed by atoms with Crippen molar-refractivity contribution in [1.29, 1.82) is 0 Å². The maximum Gasteiger partial charge on any atom is 0.326 e. The Hall–Kier alpha value is -3.30. The fourth-order valence-electron chi connectivity index (χ4n) is 3.41. The van der Waals surface area contributed by atoms with E-state index in [2.05, 4.69) is 4.98 Å². The van der Waals surface area contributed by atoms with Gasteiger partial charge < -0.3 is 9.64 Å². The molecule has 0 saturated heterocycles. The second kappa shape index (κ2) is 9.46. The summed E-state index contributed by atoms with van der Waals surface area (Å²) in [6.45, 7) is 3.05. The molecule has 3 aromatic heterocycles. The summed E-state index contributed by atoms with van der Waals surface area (Å²) >= 11 is 2.92. The molecule has 9 heteroatoms. The van der Waals surface area contributed by atoms with Gasteiger partial charge in [0, 0.05) is 27.5 Å². The topological polar surface area (TPSA) is 81.5 Å². The predicted octanol–water partition coefficient (Wildman–Crippen LogP) is 4.17. The molecule has 164 valence electrons. The van der Waals surface area contributed by atoms with E-state index in [1.54, 1.807) is 4.90 Å². The Morgan fingerprint density at radius 2 is 1.91 bits per heavy atom. The van der Waals surface area contributed by atoms with Gasteiger partial charge in [0.1, 0.15) is 11.4 Å². The number of ether oxygens (including phenoxy) is 1. The van der Waals surface area contributed by atoms with E-state index in [1.807, 2.05) is 67.1 Å². The Morgan fingerprint density at radius 1 is 1.12 bits per heavy atom. The molecule has 0 atom stereocenters. The quantitative estimate of drug-likeness (QED) is 0.381. The molecule has 4 rings (SSSR count). The van der Waals surface area contributed by atoms with Crippen molar-refractivity contribution in [2.24, 2.45) is 0 Å². The fraction of sp³-hybridized carbons (Fsp3) is 0.217. The third kappa shape index (κ3) is 4.49. The minimum Gasteiger partial charge on any atom is -0.454 e. The molecule has 0 aliphatic carbocycles. The van der Waals surface area contributed by atoms with E-state index in [1.165, 1.54) is 33.6 Å². The number of nitrogens with zero attached hydrogens (tertiary/aromatic N) is 3. The van der Waals surface area contributed by atoms with Crippen molar-refractivity contribution in [2.75, 3.05) is 11.5 Å². The molecule has 3 heterocycles. The molecule has 0 aliphatic heterocycles. The van der Waals surface area contributed by atoms with Crippen LogP contribution >= 0.6 is 22.7 Å². The molecule has 1 aromatic carbocycles. The van der Waals surface area contributed by atoms with E-state index in [0.29, 0.717) is 10.2 Å². The fourth-order valence-corrected chi connectivity index (χ4v) is 5.13. The number of rotatable bonds is 7. The Balaban J connectivity index is 1.47. The maximum atomic E-state index is 13.0. The lowest BCUT2D eigenvalue weighted by molar-refractivity contribution is -0.148. The molecule has 0 spiro atoms. The van der Waals surface area contributed by atoms with Gasteiger partial charge >= 0.3 is 5.97 Å². The number of fused-ring (bicyclic) bond motifs is 1. The summed E-state index contributed by atoms with van der Waals surface area (Å²) in [7, 11) is 0. The lowest BCUT2D eigenvalue weighted by atomic mass is 10.2. The van der Waals surface area contributed by atoms with E-state index in [0.717, 1.165) is 16.1 Å². The second-order valence-electron chi connectivity index (χ2n) is 7.34. The highest BCUT2D eigenvalue weighted by atomic mass is 32.1. The number of amides is 1. The molecule has 1 amide bonds. The normalized spacial score (nSPS) is 11.1. The zero-order valence-corrected chi connectivity index (χ0v) is 19.2. The number of para-hydroxylation sites is 1. The Bertz CT molecular complexity index is 1290. The summed E-state index contributed by atoms with van der Waals surface area (Å²) in [5, 5.41) is 4.33. The number of benzene rings is 1. The smallest absolute Gasteiger partial charge is 0.326 e. The summed E-state index contributed by atoms with van der Waals surface area (Å²) < 4.78 is 6.42. The van der Waals surface area contributed by atoms with Gasteiger partial charge in [-0.3, -0.25) is 19.0 Å². The lowest BCUT2D eigenvalue weighted by Gasteiger charge is -2.26. The molecule has 0 bridgehead atoms. The molecule has 0 radical (unpaired) electrons. The van der Waals surface area contributed by atoms with Crippen LogP contribution in [0.4, 0.5) is 5.69 Å². The van der Waals surface area contributed by atoms with Crippen LogP contribution in [0.25, 0.3) is 20.7 Å². The average Bonchev–Trinajstić information content (AvgIpc) is 3.45. The monoisotopic (exact) mass is 467 g/mol. The van der Waals surface area contributed by atoms with Gasteiger partial charge in [0.25, 0.3) is 11.5 Å². The first-order valence-corrected chi connectivity index (χ1v) is 11.7. The standard InChI is InChI=1S/C23H21N3O4S2/c1-15(2)26(16-7-4-3-5-8-16)19(27)12-30-20(28)11-25-14-24-22-21(23(25)29)17(13-32-22)18-9-6-10-31-18/h3-10,13-15H,11-12H2,1-2H3. The van der Waals surface area contributed by atoms with Crippen molar-refractivity contribution >= 4 is 50.5 Å². The van der Waals surface area contributed by atoms with Crippen LogP contribution in [-0.4, -0.2) is 34.1 Å². The lowest BCUT2D eigenvalue weighted by Crippen LogP contribution is -2.40. The van der Waals surface area contributed by atoms with Crippen molar-refractivity contribution in [3.8, 4) is 10.4 Å². The molecule has 32 heavy (non-hydrogen) atoms. The highest BCUT2D eigenvalue weighted by Gasteiger charge is 2.21. The van der Waals surface area contributed by atoms with E-state index < -0.39 is 12.6 Å². The first kappa shape index (κ1) is 21.9. The van der Waals surface area contributed by atoms with Crippen molar-refractivity contribution in [3.63, 3.8) is 0 Å². The Labute approximate surface area is 192 Å². The van der Waals surface area contributed by atoms with Gasteiger partial charge in [0.2, 0.25) is 0 Å². The van der Waals surface area contributed by atoms with Crippen LogP contribution in [-0.2, 0) is 20.9 Å². The van der Waals surface area contributed by atoms with Crippen molar-refractivity contribution in [2.45, 2.75) is 26.4 Å². The number of anilines is 1. The number of hydrogen-bond donors (Lipinski definition) is 0. The minimum atomic E-state index is -0.675. The van der Waals surface area contributed by atoms with Crippen LogP contribution in [0.3, 0.4) is 0 Å². The predicted molar refractivity (Wildman–Crippen MR) is 127 cm³/mol. The number of aromatic nitrogens is 2. The molecule has 0 N–H and O–H groups in total. The first-order valence-electron chi connectivity index (χ1n) is 9.99. The van der Waals surface area contributed by atoms with E-state index >= 15 is 0 Å². The van der Waals surface area contributed by atoms with Gasteiger partial charge in [-0.1, -0.05) is 24.3 Å². The van der Waals surface area contributed by atoms with Crippen molar-refractivity contribution < 1.29 is 14.3 Å². The molecule has 0 aliphatic rings. The molecule has 4 aromatic rings. The zero-order chi connectivity index (χ0) is 22.7. The number of carbonyl (C=O) groups is 2. The molecular weight excluding hydrogens is 446 g/mol. The summed E-state index contributed by atoms with van der Waals surface area (Å²) in [6.07, 6.45) is 1.34.